The second-order valence-electron chi connectivity index (χ2n) is 6.07. The molecule has 25 heavy (non-hydrogen) atoms. The van der Waals surface area contributed by atoms with Crippen molar-refractivity contribution in [2.45, 2.75) is 44.4 Å². The number of nitrogens with zero attached hydrogens (tertiary/aromatic N) is 1. The Balaban J connectivity index is 1.50. The molecule has 7 nitrogen and oxygen atoms in total. The van der Waals surface area contributed by atoms with Crippen LogP contribution < -0.4 is 14.8 Å². The molecule has 0 bridgehead atoms. The Bertz CT molecular complexity index is 690. The maximum atomic E-state index is 12.2. The molecule has 0 spiro atoms. The summed E-state index contributed by atoms with van der Waals surface area (Å²) in [6.45, 7) is 0.134. The van der Waals surface area contributed by atoms with E-state index in [0.717, 1.165) is 18.6 Å². The summed E-state index contributed by atoms with van der Waals surface area (Å²) in [5.41, 5.74) is 0.236. The fourth-order valence-electron chi connectivity index (χ4n) is 2.78. The zero-order valence-corrected chi connectivity index (χ0v) is 14.1. The van der Waals surface area contributed by atoms with Crippen molar-refractivity contribution in [2.24, 2.45) is 0 Å². The third-order valence-corrected chi connectivity index (χ3v) is 4.24. The second-order valence-corrected chi connectivity index (χ2v) is 6.07. The number of methoxy groups -OCH3 is 1. The Morgan fingerprint density at radius 2 is 1.92 bits per heavy atom. The van der Waals surface area contributed by atoms with Crippen LogP contribution in [0.5, 0.6) is 11.5 Å². The van der Waals surface area contributed by atoms with E-state index < -0.39 is 0 Å². The number of benzene rings is 1. The highest BCUT2D eigenvalue weighted by Crippen LogP contribution is 2.20. The summed E-state index contributed by atoms with van der Waals surface area (Å²) in [6.07, 6.45) is 4.06. The number of rotatable bonds is 6. The number of amides is 1. The van der Waals surface area contributed by atoms with Crippen molar-refractivity contribution < 1.29 is 23.8 Å². The molecule has 0 aliphatic heterocycles. The highest BCUT2D eigenvalue weighted by molar-refractivity contribution is 5.92. The molecule has 0 radical (unpaired) electrons. The summed E-state index contributed by atoms with van der Waals surface area (Å²) in [4.78, 5) is 16.4. The highest BCUT2D eigenvalue weighted by atomic mass is 16.5. The number of hydrogen-bond acceptors (Lipinski definition) is 6. The third-order valence-electron chi connectivity index (χ3n) is 4.24. The van der Waals surface area contributed by atoms with Crippen LogP contribution >= 0.6 is 0 Å². The fourth-order valence-corrected chi connectivity index (χ4v) is 2.78. The number of nitrogens with one attached hydrogen (secondary N) is 1. The van der Waals surface area contributed by atoms with Gasteiger partial charge in [-0.05, 0) is 49.9 Å². The number of carbonyl (C=O) groups excluding carboxylic acids is 1. The summed E-state index contributed by atoms with van der Waals surface area (Å²) in [5, 5.41) is 12.4. The van der Waals surface area contributed by atoms with Gasteiger partial charge >= 0.3 is 0 Å². The average molecular weight is 346 g/mol. The van der Waals surface area contributed by atoms with Gasteiger partial charge in [-0.15, -0.1) is 0 Å². The number of hydrogen-bond donors (Lipinski definition) is 2. The normalized spacial score (nSPS) is 20.1. The standard InChI is InChI=1S/C18H22N2O5/c1-23-14-6-8-15(9-7-14)24-11-17-20-16(10-25-17)18(22)19-12-2-4-13(21)5-3-12/h6-10,12-13,21H,2-5,11H2,1H3,(H,19,22). The summed E-state index contributed by atoms with van der Waals surface area (Å²) in [7, 11) is 1.60. The first-order valence-corrected chi connectivity index (χ1v) is 8.34. The van der Waals surface area contributed by atoms with Crippen LogP contribution in [0.2, 0.25) is 0 Å². The average Bonchev–Trinajstić information content (AvgIpc) is 3.11. The van der Waals surface area contributed by atoms with Gasteiger partial charge in [-0.25, -0.2) is 4.98 Å². The third kappa shape index (κ3) is 4.73. The molecule has 134 valence electrons. The predicted molar refractivity (Wildman–Crippen MR) is 89.6 cm³/mol. The van der Waals surface area contributed by atoms with Gasteiger partial charge in [0, 0.05) is 6.04 Å². The number of carbonyl (C=O) groups is 1. The quantitative estimate of drug-likeness (QED) is 0.833. The molecule has 1 aromatic carbocycles. The van der Waals surface area contributed by atoms with Gasteiger partial charge in [0.2, 0.25) is 5.89 Å². The first-order valence-electron chi connectivity index (χ1n) is 8.34. The Hall–Kier alpha value is -2.54. The molecule has 2 N–H and O–H groups in total. The summed E-state index contributed by atoms with van der Waals surface area (Å²) in [6, 6.07) is 7.24. The molecule has 1 saturated carbocycles. The van der Waals surface area contributed by atoms with Crippen LogP contribution in [-0.2, 0) is 6.61 Å². The number of aliphatic hydroxyl groups excluding tert-OH is 1. The second kappa shape index (κ2) is 8.02. The van der Waals surface area contributed by atoms with Gasteiger partial charge in [0.15, 0.2) is 12.3 Å². The van der Waals surface area contributed by atoms with Gasteiger partial charge in [-0.2, -0.15) is 0 Å². The molecule has 0 atom stereocenters. The molecule has 2 aromatic rings. The highest BCUT2D eigenvalue weighted by Gasteiger charge is 2.22. The van der Waals surface area contributed by atoms with E-state index in [9.17, 15) is 9.90 Å². The first kappa shape index (κ1) is 17.3. The number of ether oxygens (including phenoxy) is 2. The van der Waals surface area contributed by atoms with Crippen LogP contribution in [0.3, 0.4) is 0 Å². The summed E-state index contributed by atoms with van der Waals surface area (Å²) < 4.78 is 16.0. The molecule has 1 aromatic heterocycles. The molecular formula is C18H22N2O5. The van der Waals surface area contributed by atoms with Gasteiger partial charge in [0.05, 0.1) is 13.2 Å². The van der Waals surface area contributed by atoms with E-state index in [4.69, 9.17) is 13.9 Å². The van der Waals surface area contributed by atoms with Crippen molar-refractivity contribution in [1.82, 2.24) is 10.3 Å². The van der Waals surface area contributed by atoms with E-state index >= 15 is 0 Å². The molecule has 7 heteroatoms. The van der Waals surface area contributed by atoms with Crippen LogP contribution in [0.4, 0.5) is 0 Å². The van der Waals surface area contributed by atoms with Gasteiger partial charge in [0.25, 0.3) is 5.91 Å². The molecule has 0 unspecified atom stereocenters. The van der Waals surface area contributed by atoms with Gasteiger partial charge in [-0.3, -0.25) is 4.79 Å². The molecule has 1 aliphatic carbocycles. The van der Waals surface area contributed by atoms with Crippen LogP contribution in [0.25, 0.3) is 0 Å². The van der Waals surface area contributed by atoms with Gasteiger partial charge in [-0.1, -0.05) is 0 Å². The lowest BCUT2D eigenvalue weighted by atomic mass is 9.93. The van der Waals surface area contributed by atoms with Crippen molar-refractivity contribution in [3.05, 3.63) is 42.1 Å². The van der Waals surface area contributed by atoms with Crippen LogP contribution in [-0.4, -0.2) is 35.3 Å². The molecular weight excluding hydrogens is 324 g/mol. The lowest BCUT2D eigenvalue weighted by Gasteiger charge is -2.25. The van der Waals surface area contributed by atoms with E-state index in [1.54, 1.807) is 31.4 Å². The van der Waals surface area contributed by atoms with Crippen molar-refractivity contribution in [2.75, 3.05) is 7.11 Å². The first-order chi connectivity index (χ1) is 12.1. The Kier molecular flexibility index (Phi) is 5.55. The molecule has 1 amide bonds. The smallest absolute Gasteiger partial charge is 0.273 e. The van der Waals surface area contributed by atoms with Crippen molar-refractivity contribution >= 4 is 5.91 Å². The van der Waals surface area contributed by atoms with Crippen molar-refractivity contribution in [3.8, 4) is 11.5 Å². The van der Waals surface area contributed by atoms with E-state index in [0.29, 0.717) is 24.5 Å². The Morgan fingerprint density at radius 3 is 2.60 bits per heavy atom. The number of aliphatic hydroxyl groups is 1. The van der Waals surface area contributed by atoms with E-state index in [1.165, 1.54) is 6.26 Å². The minimum Gasteiger partial charge on any atom is -0.497 e. The lowest BCUT2D eigenvalue weighted by Crippen LogP contribution is -2.38. The Morgan fingerprint density at radius 1 is 1.24 bits per heavy atom. The lowest BCUT2D eigenvalue weighted by molar-refractivity contribution is 0.0863. The zero-order valence-electron chi connectivity index (χ0n) is 14.1. The van der Waals surface area contributed by atoms with Gasteiger partial charge in [0.1, 0.15) is 17.8 Å². The van der Waals surface area contributed by atoms with Crippen LogP contribution in [0, 0.1) is 0 Å². The van der Waals surface area contributed by atoms with E-state index in [1.807, 2.05) is 0 Å². The zero-order chi connectivity index (χ0) is 17.6. The van der Waals surface area contributed by atoms with Crippen molar-refractivity contribution in [1.29, 1.82) is 0 Å². The van der Waals surface area contributed by atoms with E-state index in [2.05, 4.69) is 10.3 Å². The molecule has 0 saturated heterocycles. The number of aromatic nitrogens is 1. The molecule has 1 fully saturated rings. The maximum Gasteiger partial charge on any atom is 0.273 e. The predicted octanol–water partition coefficient (Wildman–Crippen LogP) is 2.30. The van der Waals surface area contributed by atoms with Crippen LogP contribution in [0.15, 0.2) is 34.9 Å². The molecule has 1 heterocycles. The minimum absolute atomic E-state index is 0.0756. The largest absolute Gasteiger partial charge is 0.497 e. The summed E-state index contributed by atoms with van der Waals surface area (Å²) in [5.74, 6) is 1.48. The van der Waals surface area contributed by atoms with E-state index in [-0.39, 0.29) is 30.4 Å². The monoisotopic (exact) mass is 346 g/mol. The number of oxazole rings is 1. The minimum atomic E-state index is -0.263. The van der Waals surface area contributed by atoms with Crippen LogP contribution in [0.1, 0.15) is 42.1 Å². The Labute approximate surface area is 146 Å². The van der Waals surface area contributed by atoms with Gasteiger partial charge < -0.3 is 24.3 Å². The summed E-state index contributed by atoms with van der Waals surface area (Å²) >= 11 is 0. The topological polar surface area (TPSA) is 93.8 Å². The fraction of sp³-hybridized carbons (Fsp3) is 0.444. The van der Waals surface area contributed by atoms with Crippen molar-refractivity contribution in [3.63, 3.8) is 0 Å². The molecule has 1 aliphatic rings. The SMILES string of the molecule is COc1ccc(OCc2nc(C(=O)NC3CCC(O)CC3)co2)cc1. The molecule has 3 rings (SSSR count). The maximum absolute atomic E-state index is 12.2.